The molecule has 0 aliphatic carbocycles. The van der Waals surface area contributed by atoms with Crippen LogP contribution in [0, 0.1) is 0 Å². The maximum Gasteiger partial charge on any atom is 0.351 e. The van der Waals surface area contributed by atoms with E-state index < -0.39 is 18.0 Å². The maximum atomic E-state index is 12.2. The molecule has 0 bridgehead atoms. The van der Waals surface area contributed by atoms with Gasteiger partial charge in [-0.2, -0.15) is 4.98 Å². The Hall–Kier alpha value is -2.55. The number of aromatic nitrogens is 2. The first-order chi connectivity index (χ1) is 11.6. The number of rotatable bonds is 4. The van der Waals surface area contributed by atoms with Gasteiger partial charge >= 0.3 is 5.69 Å². The summed E-state index contributed by atoms with van der Waals surface area (Å²) < 4.78 is 6.84. The fourth-order valence-corrected chi connectivity index (χ4v) is 2.58. The summed E-state index contributed by atoms with van der Waals surface area (Å²) in [7, 11) is 0. The maximum absolute atomic E-state index is 12.2. The van der Waals surface area contributed by atoms with Crippen molar-refractivity contribution >= 4 is 11.7 Å². The molecule has 1 aromatic heterocycles. The fraction of sp³-hybridized carbons (Fsp3) is 0.312. The molecule has 2 aromatic rings. The van der Waals surface area contributed by atoms with Gasteiger partial charge in [-0.15, -0.1) is 0 Å². The molecule has 1 fully saturated rings. The Morgan fingerprint density at radius 2 is 2.12 bits per heavy atom. The van der Waals surface area contributed by atoms with E-state index in [4.69, 9.17) is 15.6 Å². The first-order valence-electron chi connectivity index (χ1n) is 7.56. The Balaban J connectivity index is 1.74. The Morgan fingerprint density at radius 1 is 1.38 bits per heavy atom. The first-order valence-corrected chi connectivity index (χ1v) is 7.56. The van der Waals surface area contributed by atoms with Gasteiger partial charge in [-0.1, -0.05) is 18.2 Å². The summed E-state index contributed by atoms with van der Waals surface area (Å²) in [6.07, 6.45) is 0.825. The zero-order chi connectivity index (χ0) is 17.1. The largest absolute Gasteiger partial charge is 0.394 e. The third kappa shape index (κ3) is 3.35. The van der Waals surface area contributed by atoms with Gasteiger partial charge in [0.25, 0.3) is 5.91 Å². The lowest BCUT2D eigenvalue weighted by Crippen LogP contribution is -2.32. The standard InChI is InChI=1S/C16H18N4O4/c17-11-8-14(24-12(11)9-21)20-7-6-13(19-16(20)23)18-15(22)10-4-2-1-3-5-10/h1-7,11-12,14,21H,8-9,17H2,(H,18,19,22,23). The summed E-state index contributed by atoms with van der Waals surface area (Å²) in [5.74, 6) is -0.189. The third-order valence-electron chi connectivity index (χ3n) is 3.88. The molecule has 3 rings (SSSR count). The van der Waals surface area contributed by atoms with Crippen LogP contribution in [0.25, 0.3) is 0 Å². The van der Waals surface area contributed by atoms with Gasteiger partial charge in [0.1, 0.15) is 12.0 Å². The Bertz CT molecular complexity index is 777. The van der Waals surface area contributed by atoms with Gasteiger partial charge in [0.15, 0.2) is 0 Å². The van der Waals surface area contributed by atoms with Crippen LogP contribution >= 0.6 is 0 Å². The lowest BCUT2D eigenvalue weighted by atomic mass is 10.1. The summed E-state index contributed by atoms with van der Waals surface area (Å²) in [4.78, 5) is 28.1. The molecule has 1 aliphatic rings. The quantitative estimate of drug-likeness (QED) is 0.731. The molecular weight excluding hydrogens is 312 g/mol. The van der Waals surface area contributed by atoms with Crippen molar-refractivity contribution in [2.75, 3.05) is 11.9 Å². The van der Waals surface area contributed by atoms with Crippen LogP contribution in [0.2, 0.25) is 0 Å². The van der Waals surface area contributed by atoms with E-state index in [0.29, 0.717) is 12.0 Å². The minimum Gasteiger partial charge on any atom is -0.394 e. The molecule has 3 unspecified atom stereocenters. The molecule has 24 heavy (non-hydrogen) atoms. The van der Waals surface area contributed by atoms with Gasteiger partial charge in [-0.05, 0) is 18.2 Å². The smallest absolute Gasteiger partial charge is 0.351 e. The number of nitrogens with one attached hydrogen (secondary N) is 1. The van der Waals surface area contributed by atoms with Crippen molar-refractivity contribution in [1.29, 1.82) is 0 Å². The number of nitrogens with zero attached hydrogens (tertiary/aromatic N) is 2. The van der Waals surface area contributed by atoms with Crippen LogP contribution in [0.15, 0.2) is 47.4 Å². The van der Waals surface area contributed by atoms with E-state index in [2.05, 4.69) is 10.3 Å². The second-order valence-electron chi connectivity index (χ2n) is 5.53. The minimum atomic E-state index is -0.573. The molecule has 1 saturated heterocycles. The lowest BCUT2D eigenvalue weighted by Gasteiger charge is -2.14. The highest BCUT2D eigenvalue weighted by Gasteiger charge is 2.33. The van der Waals surface area contributed by atoms with Crippen LogP contribution in [0.3, 0.4) is 0 Å². The predicted molar refractivity (Wildman–Crippen MR) is 86.5 cm³/mol. The molecule has 1 amide bonds. The highest BCUT2D eigenvalue weighted by molar-refractivity contribution is 6.03. The molecule has 8 heteroatoms. The molecule has 3 atom stereocenters. The second-order valence-corrected chi connectivity index (χ2v) is 5.53. The van der Waals surface area contributed by atoms with Gasteiger partial charge in [0.2, 0.25) is 0 Å². The lowest BCUT2D eigenvalue weighted by molar-refractivity contribution is -0.0270. The number of hydrogen-bond acceptors (Lipinski definition) is 6. The zero-order valence-corrected chi connectivity index (χ0v) is 12.8. The van der Waals surface area contributed by atoms with Crippen LogP contribution in [0.5, 0.6) is 0 Å². The Kier molecular flexibility index (Phi) is 4.70. The number of nitrogens with two attached hydrogens (primary N) is 1. The van der Waals surface area contributed by atoms with Crippen molar-refractivity contribution in [3.05, 3.63) is 58.6 Å². The van der Waals surface area contributed by atoms with Crippen LogP contribution in [0.4, 0.5) is 5.82 Å². The summed E-state index contributed by atoms with van der Waals surface area (Å²) in [6, 6.07) is 9.81. The molecule has 2 heterocycles. The first kappa shape index (κ1) is 16.3. The van der Waals surface area contributed by atoms with Gasteiger partial charge in [0, 0.05) is 24.2 Å². The molecule has 0 saturated carbocycles. The van der Waals surface area contributed by atoms with Crippen molar-refractivity contribution in [3.8, 4) is 0 Å². The van der Waals surface area contributed by atoms with E-state index in [0.717, 1.165) is 0 Å². The van der Waals surface area contributed by atoms with Crippen LogP contribution in [0.1, 0.15) is 23.0 Å². The normalized spacial score (nSPS) is 23.2. The number of ether oxygens (including phenoxy) is 1. The van der Waals surface area contributed by atoms with E-state index >= 15 is 0 Å². The number of aliphatic hydroxyl groups excluding tert-OH is 1. The monoisotopic (exact) mass is 330 g/mol. The van der Waals surface area contributed by atoms with E-state index in [1.54, 1.807) is 24.3 Å². The molecular formula is C16H18N4O4. The number of carbonyl (C=O) groups is 1. The predicted octanol–water partition coefficient (Wildman–Crippen LogP) is 0.103. The zero-order valence-electron chi connectivity index (χ0n) is 12.8. The molecule has 0 spiro atoms. The molecule has 1 aliphatic heterocycles. The number of carbonyl (C=O) groups excluding carboxylic acids is 1. The summed E-state index contributed by atoms with van der Waals surface area (Å²) in [5, 5.41) is 11.7. The van der Waals surface area contributed by atoms with Gasteiger partial charge in [0.05, 0.1) is 12.7 Å². The van der Waals surface area contributed by atoms with Crippen molar-refractivity contribution in [1.82, 2.24) is 9.55 Å². The number of aliphatic hydroxyl groups is 1. The topological polar surface area (TPSA) is 119 Å². The highest BCUT2D eigenvalue weighted by Crippen LogP contribution is 2.26. The van der Waals surface area contributed by atoms with Gasteiger partial charge in [-0.3, -0.25) is 9.36 Å². The Labute approximate surface area is 137 Å². The van der Waals surface area contributed by atoms with E-state index in [9.17, 15) is 9.59 Å². The second kappa shape index (κ2) is 6.91. The number of anilines is 1. The third-order valence-corrected chi connectivity index (χ3v) is 3.88. The summed E-state index contributed by atoms with van der Waals surface area (Å²) >= 11 is 0. The van der Waals surface area contributed by atoms with E-state index in [1.807, 2.05) is 6.07 Å². The summed E-state index contributed by atoms with van der Waals surface area (Å²) in [5.41, 5.74) is 5.76. The number of hydrogen-bond donors (Lipinski definition) is 3. The number of benzene rings is 1. The van der Waals surface area contributed by atoms with Gasteiger partial charge in [-0.25, -0.2) is 4.79 Å². The average Bonchev–Trinajstić information content (AvgIpc) is 2.96. The van der Waals surface area contributed by atoms with E-state index in [-0.39, 0.29) is 24.4 Å². The van der Waals surface area contributed by atoms with Crippen molar-refractivity contribution in [2.24, 2.45) is 5.73 Å². The van der Waals surface area contributed by atoms with E-state index in [1.165, 1.54) is 16.8 Å². The number of amides is 1. The molecule has 126 valence electrons. The SMILES string of the molecule is NC1CC(n2ccc(NC(=O)c3ccccc3)nc2=O)OC1CO. The van der Waals surface area contributed by atoms with Crippen molar-refractivity contribution in [2.45, 2.75) is 24.8 Å². The van der Waals surface area contributed by atoms with Crippen LogP contribution < -0.4 is 16.7 Å². The van der Waals surface area contributed by atoms with Crippen molar-refractivity contribution in [3.63, 3.8) is 0 Å². The molecule has 8 nitrogen and oxygen atoms in total. The highest BCUT2D eigenvalue weighted by atomic mass is 16.5. The van der Waals surface area contributed by atoms with Crippen LogP contribution in [-0.2, 0) is 4.74 Å². The fourth-order valence-electron chi connectivity index (χ4n) is 2.58. The molecule has 0 radical (unpaired) electrons. The summed E-state index contributed by atoms with van der Waals surface area (Å²) in [6.45, 7) is -0.203. The molecule has 4 N–H and O–H groups in total. The average molecular weight is 330 g/mol. The molecule has 1 aromatic carbocycles. The Morgan fingerprint density at radius 3 is 2.75 bits per heavy atom. The minimum absolute atomic E-state index is 0.158. The van der Waals surface area contributed by atoms with Gasteiger partial charge < -0.3 is 20.9 Å². The van der Waals surface area contributed by atoms with Crippen molar-refractivity contribution < 1.29 is 14.6 Å². The van der Waals surface area contributed by atoms with Crippen LogP contribution in [-0.4, -0.2) is 39.3 Å².